The normalized spacial score (nSPS) is 21.6. The molecule has 0 bridgehead atoms. The minimum absolute atomic E-state index is 0.0396. The van der Waals surface area contributed by atoms with Crippen LogP contribution in [0.4, 0.5) is 0 Å². The second-order valence-corrected chi connectivity index (χ2v) is 6.52. The zero-order chi connectivity index (χ0) is 14.7. The van der Waals surface area contributed by atoms with Crippen molar-refractivity contribution in [2.45, 2.75) is 31.8 Å². The second kappa shape index (κ2) is 6.38. The molecule has 0 radical (unpaired) electrons. The predicted octanol–water partition coefficient (Wildman–Crippen LogP) is 1.05. The van der Waals surface area contributed by atoms with Crippen LogP contribution in [0.5, 0.6) is 0 Å². The zero-order valence-corrected chi connectivity index (χ0v) is 12.7. The largest absolute Gasteiger partial charge is 0.354 e. The molecule has 0 spiro atoms. The number of hydrogen-bond acceptors (Lipinski definition) is 5. The Balaban J connectivity index is 1.46. The summed E-state index contributed by atoms with van der Waals surface area (Å²) in [5.41, 5.74) is 7.31. The van der Waals surface area contributed by atoms with Crippen molar-refractivity contribution in [1.29, 1.82) is 0 Å². The number of imidazole rings is 1. The molecule has 0 aromatic carbocycles. The summed E-state index contributed by atoms with van der Waals surface area (Å²) >= 11 is 1.77. The van der Waals surface area contributed by atoms with Crippen LogP contribution in [-0.2, 0) is 11.2 Å². The van der Waals surface area contributed by atoms with Crippen LogP contribution in [0, 0.1) is 6.92 Å². The number of hydrazine groups is 1. The van der Waals surface area contributed by atoms with E-state index >= 15 is 0 Å². The van der Waals surface area contributed by atoms with Crippen molar-refractivity contribution in [3.05, 3.63) is 40.1 Å². The Morgan fingerprint density at radius 2 is 2.38 bits per heavy atom. The average Bonchev–Trinajstić information content (AvgIpc) is 3.19. The molecule has 2 unspecified atom stereocenters. The van der Waals surface area contributed by atoms with Gasteiger partial charge in [-0.05, 0) is 25.5 Å². The molecule has 3 heterocycles. The average molecular weight is 305 g/mol. The number of carbonyl (C=O) groups is 1. The maximum Gasteiger partial charge on any atom is 0.238 e. The van der Waals surface area contributed by atoms with Crippen molar-refractivity contribution in [2.75, 3.05) is 6.54 Å². The highest BCUT2D eigenvalue weighted by molar-refractivity contribution is 7.12. The molecule has 7 heteroatoms. The lowest BCUT2D eigenvalue weighted by molar-refractivity contribution is -0.122. The van der Waals surface area contributed by atoms with E-state index in [1.165, 1.54) is 9.75 Å². The van der Waals surface area contributed by atoms with E-state index in [0.717, 1.165) is 18.5 Å². The van der Waals surface area contributed by atoms with Crippen LogP contribution in [0.15, 0.2) is 24.7 Å². The molecular formula is C14H19N5OS. The Labute approximate surface area is 127 Å². The van der Waals surface area contributed by atoms with Gasteiger partial charge in [-0.1, -0.05) is 0 Å². The number of carbonyl (C=O) groups excluding carboxylic acids is 1. The Morgan fingerprint density at radius 3 is 3.10 bits per heavy atom. The first-order valence-corrected chi connectivity index (χ1v) is 7.86. The highest BCUT2D eigenvalue weighted by Gasteiger charge is 2.30. The summed E-state index contributed by atoms with van der Waals surface area (Å²) in [6, 6.07) is 4.27. The summed E-state index contributed by atoms with van der Waals surface area (Å²) in [7, 11) is 0. The summed E-state index contributed by atoms with van der Waals surface area (Å²) in [6.07, 6.45) is 4.96. The number of aromatic nitrogens is 2. The third-order valence-electron chi connectivity index (χ3n) is 3.57. The van der Waals surface area contributed by atoms with Crippen molar-refractivity contribution >= 4 is 17.2 Å². The van der Waals surface area contributed by atoms with Gasteiger partial charge in [-0.3, -0.25) is 4.79 Å². The minimum Gasteiger partial charge on any atom is -0.354 e. The van der Waals surface area contributed by atoms with E-state index in [1.54, 1.807) is 23.9 Å². The van der Waals surface area contributed by atoms with Gasteiger partial charge < -0.3 is 10.3 Å². The summed E-state index contributed by atoms with van der Waals surface area (Å²) in [6.45, 7) is 2.71. The van der Waals surface area contributed by atoms with Gasteiger partial charge in [0.2, 0.25) is 5.91 Å². The quantitative estimate of drug-likeness (QED) is 0.665. The highest BCUT2D eigenvalue weighted by Crippen LogP contribution is 2.28. The van der Waals surface area contributed by atoms with Gasteiger partial charge >= 0.3 is 0 Å². The molecule has 0 saturated carbocycles. The fraction of sp³-hybridized carbons (Fsp3) is 0.429. The molecule has 112 valence electrons. The first-order chi connectivity index (χ1) is 10.2. The number of rotatable bonds is 5. The number of aryl methyl sites for hydroxylation is 1. The third-order valence-corrected chi connectivity index (χ3v) is 4.69. The fourth-order valence-corrected chi connectivity index (χ4v) is 3.36. The van der Waals surface area contributed by atoms with Crippen LogP contribution in [0.3, 0.4) is 0 Å². The highest BCUT2D eigenvalue weighted by atomic mass is 32.1. The SMILES string of the molecule is Cc1ccc(C2CC(C(=O)NCCc3cnc[nH]3)NN2)s1. The van der Waals surface area contributed by atoms with Crippen molar-refractivity contribution in [1.82, 2.24) is 26.1 Å². The van der Waals surface area contributed by atoms with Crippen molar-refractivity contribution < 1.29 is 4.79 Å². The van der Waals surface area contributed by atoms with Crippen molar-refractivity contribution in [3.63, 3.8) is 0 Å². The Morgan fingerprint density at radius 1 is 1.48 bits per heavy atom. The number of hydrogen-bond donors (Lipinski definition) is 4. The molecule has 6 nitrogen and oxygen atoms in total. The van der Waals surface area contributed by atoms with E-state index < -0.39 is 0 Å². The van der Waals surface area contributed by atoms with E-state index in [2.05, 4.69) is 45.2 Å². The van der Waals surface area contributed by atoms with E-state index in [9.17, 15) is 4.79 Å². The molecule has 2 aromatic rings. The molecule has 4 N–H and O–H groups in total. The summed E-state index contributed by atoms with van der Waals surface area (Å²) in [5.74, 6) is 0.0396. The standard InChI is InChI=1S/C14H19N5OS/c1-9-2-3-13(21-9)11-6-12(19-18-11)14(20)16-5-4-10-7-15-8-17-10/h2-3,7-8,11-12,18-19H,4-6H2,1H3,(H,15,17)(H,16,20). The molecular weight excluding hydrogens is 286 g/mol. The maximum absolute atomic E-state index is 12.1. The lowest BCUT2D eigenvalue weighted by Gasteiger charge is -2.09. The fourth-order valence-electron chi connectivity index (χ4n) is 2.42. The predicted molar refractivity (Wildman–Crippen MR) is 81.8 cm³/mol. The molecule has 1 fully saturated rings. The smallest absolute Gasteiger partial charge is 0.238 e. The van der Waals surface area contributed by atoms with E-state index in [0.29, 0.717) is 6.54 Å². The van der Waals surface area contributed by atoms with Crippen LogP contribution < -0.4 is 16.2 Å². The maximum atomic E-state index is 12.1. The van der Waals surface area contributed by atoms with Crippen molar-refractivity contribution in [2.24, 2.45) is 0 Å². The van der Waals surface area contributed by atoms with Gasteiger partial charge in [-0.2, -0.15) is 0 Å². The number of amides is 1. The van der Waals surface area contributed by atoms with E-state index in [-0.39, 0.29) is 18.0 Å². The number of nitrogens with one attached hydrogen (secondary N) is 4. The van der Waals surface area contributed by atoms with Gasteiger partial charge in [0, 0.05) is 34.6 Å². The minimum atomic E-state index is -0.181. The first kappa shape index (κ1) is 14.2. The number of H-pyrrole nitrogens is 1. The summed E-state index contributed by atoms with van der Waals surface area (Å²) in [5, 5.41) is 2.95. The van der Waals surface area contributed by atoms with E-state index in [1.807, 2.05) is 0 Å². The van der Waals surface area contributed by atoms with Gasteiger partial charge in [0.15, 0.2) is 0 Å². The second-order valence-electron chi connectivity index (χ2n) is 5.20. The van der Waals surface area contributed by atoms with Gasteiger partial charge in [-0.15, -0.1) is 11.3 Å². The first-order valence-electron chi connectivity index (χ1n) is 7.05. The van der Waals surface area contributed by atoms with Crippen LogP contribution >= 0.6 is 11.3 Å². The van der Waals surface area contributed by atoms with Gasteiger partial charge in [-0.25, -0.2) is 15.8 Å². The number of aromatic amines is 1. The molecule has 21 heavy (non-hydrogen) atoms. The lowest BCUT2D eigenvalue weighted by atomic mass is 10.1. The van der Waals surface area contributed by atoms with Gasteiger partial charge in [0.05, 0.1) is 12.4 Å². The van der Waals surface area contributed by atoms with Crippen molar-refractivity contribution in [3.8, 4) is 0 Å². The Kier molecular flexibility index (Phi) is 4.33. The Bertz CT molecular complexity index is 594. The monoisotopic (exact) mass is 305 g/mol. The lowest BCUT2D eigenvalue weighted by Crippen LogP contribution is -2.43. The van der Waals surface area contributed by atoms with Crippen LogP contribution in [0.25, 0.3) is 0 Å². The molecule has 1 aliphatic heterocycles. The van der Waals surface area contributed by atoms with E-state index in [4.69, 9.17) is 0 Å². The molecule has 3 rings (SSSR count). The zero-order valence-electron chi connectivity index (χ0n) is 11.8. The molecule has 1 saturated heterocycles. The van der Waals surface area contributed by atoms with Gasteiger partial charge in [0.25, 0.3) is 0 Å². The van der Waals surface area contributed by atoms with Crippen LogP contribution in [0.2, 0.25) is 0 Å². The topological polar surface area (TPSA) is 81.8 Å². The Hall–Kier alpha value is -1.70. The summed E-state index contributed by atoms with van der Waals surface area (Å²) < 4.78 is 0. The molecule has 2 aromatic heterocycles. The molecule has 2 atom stereocenters. The third kappa shape index (κ3) is 3.49. The number of nitrogens with zero attached hydrogens (tertiary/aromatic N) is 1. The molecule has 1 amide bonds. The van der Waals surface area contributed by atoms with Gasteiger partial charge in [0.1, 0.15) is 6.04 Å². The van der Waals surface area contributed by atoms with Crippen LogP contribution in [-0.4, -0.2) is 28.5 Å². The van der Waals surface area contributed by atoms with Crippen LogP contribution in [0.1, 0.15) is 27.9 Å². The molecule has 0 aliphatic carbocycles. The summed E-state index contributed by atoms with van der Waals surface area (Å²) in [4.78, 5) is 21.7. The number of thiophene rings is 1. The molecule has 1 aliphatic rings.